The van der Waals surface area contributed by atoms with Gasteiger partial charge in [-0.25, -0.2) is 4.73 Å². The lowest BCUT2D eigenvalue weighted by Gasteiger charge is -2.01. The molecule has 1 aromatic carbocycles. The molecule has 0 saturated heterocycles. The number of benzene rings is 1. The highest BCUT2D eigenvalue weighted by atomic mass is 16.5. The van der Waals surface area contributed by atoms with Crippen LogP contribution in [0, 0.1) is 10.4 Å². The Balaban J connectivity index is 2.92. The van der Waals surface area contributed by atoms with E-state index in [4.69, 9.17) is 5.73 Å². The molecule has 2 rings (SSSR count). The van der Waals surface area contributed by atoms with Crippen LogP contribution in [0.3, 0.4) is 0 Å². The molecule has 0 radical (unpaired) electrons. The van der Waals surface area contributed by atoms with Gasteiger partial charge in [0, 0.05) is 11.8 Å². The number of fused-ring (bicyclic) bond motifs is 1. The van der Waals surface area contributed by atoms with Crippen molar-refractivity contribution in [1.29, 1.82) is 0 Å². The molecule has 1 heterocycles. The van der Waals surface area contributed by atoms with E-state index in [-0.39, 0.29) is 11.0 Å². The van der Waals surface area contributed by atoms with E-state index in [2.05, 4.69) is 5.10 Å². The molecule has 0 aliphatic heterocycles. The first-order valence-electron chi connectivity index (χ1n) is 3.56. The van der Waals surface area contributed by atoms with E-state index >= 15 is 0 Å². The number of hydrogen-bond donors (Lipinski definition) is 1. The predicted octanol–water partition coefficient (Wildman–Crippen LogP) is -0.916. The molecule has 6 nitrogen and oxygen atoms in total. The van der Waals surface area contributed by atoms with Gasteiger partial charge in [0.05, 0.1) is 4.85 Å². The SMILES string of the molecule is Nc1ccc2c(c1)[n+]([O-])nc[n+]2[O-]. The lowest BCUT2D eigenvalue weighted by atomic mass is 10.3. The van der Waals surface area contributed by atoms with Crippen LogP contribution < -0.4 is 15.3 Å². The fourth-order valence-corrected chi connectivity index (χ4v) is 1.10. The van der Waals surface area contributed by atoms with Gasteiger partial charge in [0.1, 0.15) is 0 Å². The Kier molecular flexibility index (Phi) is 1.42. The monoisotopic (exact) mass is 178 g/mol. The molecule has 0 aliphatic carbocycles. The highest BCUT2D eigenvalue weighted by molar-refractivity contribution is 5.71. The summed E-state index contributed by atoms with van der Waals surface area (Å²) in [6, 6.07) is 4.44. The Morgan fingerprint density at radius 2 is 2.00 bits per heavy atom. The number of rotatable bonds is 0. The van der Waals surface area contributed by atoms with Crippen molar-refractivity contribution in [3.63, 3.8) is 0 Å². The summed E-state index contributed by atoms with van der Waals surface area (Å²) in [6.45, 7) is 0. The van der Waals surface area contributed by atoms with Crippen molar-refractivity contribution in [3.05, 3.63) is 34.9 Å². The Morgan fingerprint density at radius 3 is 2.77 bits per heavy atom. The standard InChI is InChI=1S/C7H6N4O2/c8-5-1-2-6-7(3-5)11(13)9-4-10(6)12/h1-4H,8H2. The summed E-state index contributed by atoms with van der Waals surface area (Å²) < 4.78 is 0.517. The van der Waals surface area contributed by atoms with E-state index in [1.165, 1.54) is 12.1 Å². The van der Waals surface area contributed by atoms with Crippen LogP contribution in [0.5, 0.6) is 0 Å². The number of nitrogen functional groups attached to an aromatic ring is 1. The molecule has 0 amide bonds. The van der Waals surface area contributed by atoms with Crippen molar-refractivity contribution in [3.8, 4) is 0 Å². The zero-order valence-electron chi connectivity index (χ0n) is 6.54. The smallest absolute Gasteiger partial charge is 0.365 e. The Bertz CT molecular complexity index is 471. The van der Waals surface area contributed by atoms with Gasteiger partial charge in [0.25, 0.3) is 0 Å². The predicted molar refractivity (Wildman–Crippen MR) is 44.1 cm³/mol. The number of anilines is 1. The third kappa shape index (κ3) is 1.08. The molecule has 0 atom stereocenters. The van der Waals surface area contributed by atoms with Crippen molar-refractivity contribution >= 4 is 16.7 Å². The van der Waals surface area contributed by atoms with Gasteiger partial charge in [-0.05, 0) is 12.1 Å². The lowest BCUT2D eigenvalue weighted by Crippen LogP contribution is -2.40. The van der Waals surface area contributed by atoms with Crippen LogP contribution in [0.1, 0.15) is 0 Å². The highest BCUT2D eigenvalue weighted by Crippen LogP contribution is 2.08. The number of nitrogens with zero attached hydrogens (tertiary/aromatic N) is 3. The van der Waals surface area contributed by atoms with Crippen LogP contribution in [-0.4, -0.2) is 5.10 Å². The molecule has 2 N–H and O–H groups in total. The molecule has 0 aliphatic rings. The van der Waals surface area contributed by atoms with Crippen LogP contribution in [0.2, 0.25) is 0 Å². The van der Waals surface area contributed by atoms with E-state index in [1.54, 1.807) is 6.07 Å². The molecule has 66 valence electrons. The van der Waals surface area contributed by atoms with Crippen LogP contribution in [0.25, 0.3) is 11.0 Å². The van der Waals surface area contributed by atoms with Crippen LogP contribution in [0.15, 0.2) is 24.5 Å². The van der Waals surface area contributed by atoms with E-state index < -0.39 is 0 Å². The second-order valence-corrected chi connectivity index (χ2v) is 2.58. The maximum absolute atomic E-state index is 11.1. The van der Waals surface area contributed by atoms with Crippen molar-refractivity contribution in [2.24, 2.45) is 0 Å². The Labute approximate surface area is 73.0 Å². The average Bonchev–Trinajstić information content (AvgIpc) is 2.12. The van der Waals surface area contributed by atoms with Crippen molar-refractivity contribution in [2.45, 2.75) is 0 Å². The van der Waals surface area contributed by atoms with Crippen molar-refractivity contribution in [1.82, 2.24) is 5.10 Å². The number of aromatic nitrogens is 3. The average molecular weight is 178 g/mol. The summed E-state index contributed by atoms with van der Waals surface area (Å²) in [5, 5.41) is 25.5. The maximum Gasteiger partial charge on any atom is 0.365 e. The summed E-state index contributed by atoms with van der Waals surface area (Å²) in [6.07, 6.45) is 0.908. The summed E-state index contributed by atoms with van der Waals surface area (Å²) in [7, 11) is 0. The number of nitrogens with two attached hydrogens (primary N) is 1. The molecule has 0 spiro atoms. The Hall–Kier alpha value is -2.11. The largest absolute Gasteiger partial charge is 0.710 e. The van der Waals surface area contributed by atoms with Gasteiger partial charge in [0.15, 0.2) is 0 Å². The molecule has 6 heteroatoms. The first-order chi connectivity index (χ1) is 6.18. The molecule has 0 unspecified atom stereocenters. The molecule has 0 bridgehead atoms. The van der Waals surface area contributed by atoms with Crippen molar-refractivity contribution in [2.75, 3.05) is 5.73 Å². The lowest BCUT2D eigenvalue weighted by molar-refractivity contribution is -0.680. The molecule has 0 fully saturated rings. The summed E-state index contributed by atoms with van der Waals surface area (Å²) >= 11 is 0. The topological polar surface area (TPSA) is 92.8 Å². The minimum Gasteiger partial charge on any atom is -0.710 e. The molecule has 2 aromatic rings. The maximum atomic E-state index is 11.1. The third-order valence-electron chi connectivity index (χ3n) is 1.70. The van der Waals surface area contributed by atoms with E-state index in [0.29, 0.717) is 15.3 Å². The first kappa shape index (κ1) is 7.53. The fourth-order valence-electron chi connectivity index (χ4n) is 1.10. The second kappa shape index (κ2) is 2.44. The number of hydrogen-bond acceptors (Lipinski definition) is 4. The highest BCUT2D eigenvalue weighted by Gasteiger charge is 2.12. The van der Waals surface area contributed by atoms with Crippen molar-refractivity contribution < 1.29 is 9.58 Å². The minimum absolute atomic E-state index is 0.164. The second-order valence-electron chi connectivity index (χ2n) is 2.58. The fraction of sp³-hybridized carbons (Fsp3) is 0. The third-order valence-corrected chi connectivity index (χ3v) is 1.70. The molecule has 13 heavy (non-hydrogen) atoms. The van der Waals surface area contributed by atoms with Gasteiger partial charge in [-0.15, -0.1) is 0 Å². The molecular formula is C7H6N4O2. The van der Waals surface area contributed by atoms with E-state index in [9.17, 15) is 10.4 Å². The zero-order valence-corrected chi connectivity index (χ0v) is 6.54. The molecular weight excluding hydrogens is 172 g/mol. The van der Waals surface area contributed by atoms with Gasteiger partial charge in [-0.1, -0.05) is 0 Å². The van der Waals surface area contributed by atoms with Crippen LogP contribution in [-0.2, 0) is 0 Å². The Morgan fingerprint density at radius 1 is 1.23 bits per heavy atom. The quantitative estimate of drug-likeness (QED) is 0.321. The van der Waals surface area contributed by atoms with Crippen LogP contribution in [0.4, 0.5) is 5.69 Å². The van der Waals surface area contributed by atoms with E-state index in [0.717, 1.165) is 6.33 Å². The molecule has 1 aromatic heterocycles. The zero-order chi connectivity index (χ0) is 9.42. The van der Waals surface area contributed by atoms with Gasteiger partial charge >= 0.3 is 11.8 Å². The molecule has 0 saturated carbocycles. The van der Waals surface area contributed by atoms with Gasteiger partial charge in [0.2, 0.25) is 10.6 Å². The normalized spacial score (nSPS) is 10.5. The summed E-state index contributed by atoms with van der Waals surface area (Å²) in [5.74, 6) is 0. The minimum atomic E-state index is 0.164. The summed E-state index contributed by atoms with van der Waals surface area (Å²) in [5.41, 5.74) is 6.29. The van der Waals surface area contributed by atoms with E-state index in [1.807, 2.05) is 0 Å². The van der Waals surface area contributed by atoms with Crippen LogP contribution >= 0.6 is 0 Å². The van der Waals surface area contributed by atoms with Gasteiger partial charge in [-0.2, -0.15) is 0 Å². The first-order valence-corrected chi connectivity index (χ1v) is 3.56. The summed E-state index contributed by atoms with van der Waals surface area (Å²) in [4.78, 5) is 0.361. The van der Waals surface area contributed by atoms with Gasteiger partial charge in [-0.3, -0.25) is 0 Å². The van der Waals surface area contributed by atoms with Gasteiger partial charge < -0.3 is 16.1 Å².